The van der Waals surface area contributed by atoms with Gasteiger partial charge in [-0.25, -0.2) is 21.9 Å². The zero-order valence-corrected chi connectivity index (χ0v) is 15.7. The zero-order chi connectivity index (χ0) is 21.7. The van der Waals surface area contributed by atoms with Gasteiger partial charge < -0.3 is 5.32 Å². The van der Waals surface area contributed by atoms with Crippen molar-refractivity contribution < 1.29 is 35.2 Å². The highest BCUT2D eigenvalue weighted by atomic mass is 32.2. The zero-order valence-electron chi connectivity index (χ0n) is 14.9. The minimum Gasteiger partial charge on any atom is -0.356 e. The van der Waals surface area contributed by atoms with Crippen molar-refractivity contribution in [1.82, 2.24) is 10.0 Å². The van der Waals surface area contributed by atoms with Gasteiger partial charge in [-0.05, 0) is 42.3 Å². The maximum absolute atomic E-state index is 13.1. The Kier molecular flexibility index (Phi) is 7.31. The van der Waals surface area contributed by atoms with Crippen molar-refractivity contribution in [3.05, 3.63) is 65.2 Å². The van der Waals surface area contributed by atoms with E-state index in [0.29, 0.717) is 24.1 Å². The van der Waals surface area contributed by atoms with Gasteiger partial charge in [-0.3, -0.25) is 4.79 Å². The fourth-order valence-electron chi connectivity index (χ4n) is 2.32. The molecule has 158 valence electrons. The van der Waals surface area contributed by atoms with Gasteiger partial charge in [-0.15, -0.1) is 0 Å². The van der Waals surface area contributed by atoms with E-state index in [1.807, 2.05) is 0 Å². The van der Waals surface area contributed by atoms with E-state index in [1.54, 1.807) is 0 Å². The van der Waals surface area contributed by atoms with E-state index in [-0.39, 0.29) is 19.5 Å². The van der Waals surface area contributed by atoms with E-state index in [9.17, 15) is 35.2 Å². The van der Waals surface area contributed by atoms with Crippen LogP contribution in [0.3, 0.4) is 0 Å². The number of carbonyl (C=O) groups excluding carboxylic acids is 1. The Morgan fingerprint density at radius 2 is 1.59 bits per heavy atom. The Bertz CT molecular complexity index is 960. The molecule has 0 bridgehead atoms. The summed E-state index contributed by atoms with van der Waals surface area (Å²) in [5, 5.41) is 2.51. The van der Waals surface area contributed by atoms with Crippen LogP contribution in [0.15, 0.2) is 47.4 Å². The van der Waals surface area contributed by atoms with Crippen molar-refractivity contribution in [2.75, 3.05) is 13.1 Å². The maximum atomic E-state index is 13.1. The van der Waals surface area contributed by atoms with Gasteiger partial charge in [-0.1, -0.05) is 12.1 Å². The van der Waals surface area contributed by atoms with Gasteiger partial charge in [0.2, 0.25) is 15.9 Å². The number of amides is 1. The summed E-state index contributed by atoms with van der Waals surface area (Å²) < 4.78 is 89.5. The molecule has 0 spiro atoms. The molecule has 0 saturated heterocycles. The van der Waals surface area contributed by atoms with Crippen LogP contribution in [0.4, 0.5) is 22.0 Å². The summed E-state index contributed by atoms with van der Waals surface area (Å²) in [6.45, 7) is -0.117. The van der Waals surface area contributed by atoms with Crippen LogP contribution in [-0.2, 0) is 27.4 Å². The molecule has 2 aromatic rings. The Hall–Kier alpha value is -2.53. The Labute approximate surface area is 164 Å². The normalized spacial score (nSPS) is 12.0. The predicted octanol–water partition coefficient (Wildman–Crippen LogP) is 3.01. The third-order valence-corrected chi connectivity index (χ3v) is 5.32. The third kappa shape index (κ3) is 6.79. The molecular formula is C18H17F5N2O3S. The van der Waals surface area contributed by atoms with Crippen LogP contribution in [-0.4, -0.2) is 27.4 Å². The molecule has 0 aromatic heterocycles. The number of sulfonamides is 1. The average molecular weight is 436 g/mol. The number of halogens is 5. The topological polar surface area (TPSA) is 75.3 Å². The van der Waals surface area contributed by atoms with Gasteiger partial charge in [-0.2, -0.15) is 13.2 Å². The van der Waals surface area contributed by atoms with Crippen molar-refractivity contribution in [3.8, 4) is 0 Å². The van der Waals surface area contributed by atoms with E-state index in [1.165, 1.54) is 12.1 Å². The second-order valence-electron chi connectivity index (χ2n) is 6.02. The molecule has 11 heteroatoms. The molecule has 0 fully saturated rings. The largest absolute Gasteiger partial charge is 0.416 e. The average Bonchev–Trinajstić information content (AvgIpc) is 2.63. The quantitative estimate of drug-likeness (QED) is 0.625. The third-order valence-electron chi connectivity index (χ3n) is 3.86. The number of hydrogen-bond acceptors (Lipinski definition) is 3. The fourth-order valence-corrected chi connectivity index (χ4v) is 3.36. The molecule has 2 aromatic carbocycles. The lowest BCUT2D eigenvalue weighted by atomic mass is 10.1. The first kappa shape index (κ1) is 22.8. The van der Waals surface area contributed by atoms with Gasteiger partial charge in [0, 0.05) is 19.5 Å². The monoisotopic (exact) mass is 436 g/mol. The summed E-state index contributed by atoms with van der Waals surface area (Å²) in [4.78, 5) is 11.3. The summed E-state index contributed by atoms with van der Waals surface area (Å²) in [5.41, 5.74) is -0.170. The lowest BCUT2D eigenvalue weighted by Gasteiger charge is -2.09. The van der Waals surface area contributed by atoms with Crippen molar-refractivity contribution in [1.29, 1.82) is 0 Å². The van der Waals surface area contributed by atoms with Crippen LogP contribution in [0, 0.1) is 11.6 Å². The number of hydrogen-bond donors (Lipinski definition) is 2. The summed E-state index contributed by atoms with van der Waals surface area (Å²) in [6.07, 6.45) is -4.33. The van der Waals surface area contributed by atoms with E-state index in [0.717, 1.165) is 18.2 Å². The van der Waals surface area contributed by atoms with E-state index in [4.69, 9.17) is 0 Å². The van der Waals surface area contributed by atoms with Crippen molar-refractivity contribution in [2.24, 2.45) is 0 Å². The smallest absolute Gasteiger partial charge is 0.356 e. The minimum absolute atomic E-state index is 0.153. The lowest BCUT2D eigenvalue weighted by Crippen LogP contribution is -2.31. The van der Waals surface area contributed by atoms with Crippen LogP contribution in [0.25, 0.3) is 0 Å². The molecule has 0 saturated carbocycles. The number of nitrogens with one attached hydrogen (secondary N) is 2. The summed E-state index contributed by atoms with van der Waals surface area (Å²) in [5.74, 6) is -2.98. The first-order valence-electron chi connectivity index (χ1n) is 8.36. The first-order valence-corrected chi connectivity index (χ1v) is 9.85. The molecule has 1 amide bonds. The van der Waals surface area contributed by atoms with E-state index >= 15 is 0 Å². The van der Waals surface area contributed by atoms with Crippen LogP contribution in [0.1, 0.15) is 17.5 Å². The number of benzene rings is 2. The SMILES string of the molecule is O=C(CCNS(=O)(=O)c1ccc(F)c(F)c1)NCCc1ccc(C(F)(F)F)cc1. The van der Waals surface area contributed by atoms with Crippen molar-refractivity contribution in [2.45, 2.75) is 23.9 Å². The van der Waals surface area contributed by atoms with Gasteiger partial charge in [0.05, 0.1) is 10.5 Å². The van der Waals surface area contributed by atoms with Crippen LogP contribution in [0.2, 0.25) is 0 Å². The summed E-state index contributed by atoms with van der Waals surface area (Å²) in [6, 6.07) is 6.62. The molecule has 0 aliphatic carbocycles. The second kappa shape index (κ2) is 9.31. The van der Waals surface area contributed by atoms with Crippen molar-refractivity contribution >= 4 is 15.9 Å². The number of alkyl halides is 3. The molecule has 0 atom stereocenters. The standard InChI is InChI=1S/C18H17F5N2O3S/c19-15-6-5-14(11-16(15)20)29(27,28)25-10-8-17(26)24-9-7-12-1-3-13(4-2-12)18(21,22)23/h1-6,11,25H,7-10H2,(H,24,26). The molecule has 0 radical (unpaired) electrons. The predicted molar refractivity (Wildman–Crippen MR) is 94.3 cm³/mol. The van der Waals surface area contributed by atoms with Crippen LogP contribution in [0.5, 0.6) is 0 Å². The van der Waals surface area contributed by atoms with E-state index in [2.05, 4.69) is 10.0 Å². The van der Waals surface area contributed by atoms with Gasteiger partial charge in [0.15, 0.2) is 11.6 Å². The summed E-state index contributed by atoms with van der Waals surface area (Å²) >= 11 is 0. The minimum atomic E-state index is -4.42. The molecule has 2 rings (SSSR count). The highest BCUT2D eigenvalue weighted by molar-refractivity contribution is 7.89. The number of carbonyl (C=O) groups is 1. The molecule has 0 aliphatic heterocycles. The molecule has 29 heavy (non-hydrogen) atoms. The molecule has 0 heterocycles. The van der Waals surface area contributed by atoms with Gasteiger partial charge in [0.1, 0.15) is 0 Å². The van der Waals surface area contributed by atoms with Crippen molar-refractivity contribution in [3.63, 3.8) is 0 Å². The van der Waals surface area contributed by atoms with E-state index < -0.39 is 44.2 Å². The molecule has 2 N–H and O–H groups in total. The Morgan fingerprint density at radius 1 is 0.931 bits per heavy atom. The van der Waals surface area contributed by atoms with Crippen LogP contribution >= 0.6 is 0 Å². The highest BCUT2D eigenvalue weighted by Gasteiger charge is 2.29. The Balaban J connectivity index is 1.75. The Morgan fingerprint density at radius 3 is 2.17 bits per heavy atom. The number of rotatable bonds is 8. The highest BCUT2D eigenvalue weighted by Crippen LogP contribution is 2.29. The van der Waals surface area contributed by atoms with Crippen LogP contribution < -0.4 is 10.0 Å². The lowest BCUT2D eigenvalue weighted by molar-refractivity contribution is -0.137. The maximum Gasteiger partial charge on any atom is 0.416 e. The van der Waals surface area contributed by atoms with Gasteiger partial charge in [0.25, 0.3) is 0 Å². The molecule has 5 nitrogen and oxygen atoms in total. The summed E-state index contributed by atoms with van der Waals surface area (Å²) in [7, 11) is -4.10. The molecule has 0 aliphatic rings. The first-order chi connectivity index (χ1) is 13.5. The fraction of sp³-hybridized carbons (Fsp3) is 0.278. The molecule has 0 unspecified atom stereocenters. The van der Waals surface area contributed by atoms with Gasteiger partial charge >= 0.3 is 6.18 Å². The second-order valence-corrected chi connectivity index (χ2v) is 7.79. The molecular weight excluding hydrogens is 419 g/mol.